The summed E-state index contributed by atoms with van der Waals surface area (Å²) in [5, 5.41) is 0. The Morgan fingerprint density at radius 2 is 1.79 bits per heavy atom. The molecule has 3 aliphatic rings. The SMILES string of the molecule is O=C(c1ccc(C2SCCCS2)cc1)N1CCO[C@@H]2CCCC[C@@H]21. The fraction of sp³-hybridized carbons (Fsp3) is 0.632. The van der Waals surface area contributed by atoms with Crippen LogP contribution in [0.25, 0.3) is 0 Å². The van der Waals surface area contributed by atoms with E-state index in [-0.39, 0.29) is 18.1 Å². The summed E-state index contributed by atoms with van der Waals surface area (Å²) < 4.78 is 6.43. The van der Waals surface area contributed by atoms with E-state index in [0.717, 1.165) is 24.9 Å². The smallest absolute Gasteiger partial charge is 0.254 e. The second-order valence-electron chi connectivity index (χ2n) is 6.81. The molecule has 1 aliphatic carbocycles. The molecule has 24 heavy (non-hydrogen) atoms. The average molecular weight is 364 g/mol. The number of morpholine rings is 1. The zero-order valence-electron chi connectivity index (χ0n) is 14.0. The molecule has 0 N–H and O–H groups in total. The van der Waals surface area contributed by atoms with Gasteiger partial charge in [0.15, 0.2) is 0 Å². The molecule has 0 radical (unpaired) electrons. The van der Waals surface area contributed by atoms with Gasteiger partial charge < -0.3 is 9.64 Å². The van der Waals surface area contributed by atoms with Gasteiger partial charge in [0.25, 0.3) is 5.91 Å². The van der Waals surface area contributed by atoms with Gasteiger partial charge in [0, 0.05) is 12.1 Å². The van der Waals surface area contributed by atoms with Gasteiger partial charge in [0.2, 0.25) is 0 Å². The monoisotopic (exact) mass is 363 g/mol. The molecule has 1 aromatic rings. The van der Waals surface area contributed by atoms with Gasteiger partial charge in [-0.2, -0.15) is 0 Å². The van der Waals surface area contributed by atoms with Gasteiger partial charge in [0.05, 0.1) is 23.3 Å². The van der Waals surface area contributed by atoms with E-state index in [1.165, 1.54) is 36.3 Å². The van der Waals surface area contributed by atoms with Gasteiger partial charge in [-0.3, -0.25) is 4.79 Å². The summed E-state index contributed by atoms with van der Waals surface area (Å²) in [6.45, 7) is 1.41. The van der Waals surface area contributed by atoms with Crippen LogP contribution >= 0.6 is 23.5 Å². The van der Waals surface area contributed by atoms with Crippen LogP contribution in [0, 0.1) is 0 Å². The molecule has 2 atom stereocenters. The van der Waals surface area contributed by atoms with E-state index in [0.29, 0.717) is 11.2 Å². The molecule has 3 fully saturated rings. The molecule has 1 aromatic carbocycles. The number of benzene rings is 1. The minimum absolute atomic E-state index is 0.186. The van der Waals surface area contributed by atoms with Crippen LogP contribution in [-0.2, 0) is 4.74 Å². The highest BCUT2D eigenvalue weighted by molar-refractivity contribution is 8.16. The average Bonchev–Trinajstić information content (AvgIpc) is 2.68. The van der Waals surface area contributed by atoms with Crippen molar-refractivity contribution in [2.45, 2.75) is 48.8 Å². The molecule has 1 saturated carbocycles. The molecule has 3 nitrogen and oxygen atoms in total. The summed E-state index contributed by atoms with van der Waals surface area (Å²) in [6, 6.07) is 8.65. The lowest BCUT2D eigenvalue weighted by molar-refractivity contribution is -0.0752. The van der Waals surface area contributed by atoms with Crippen molar-refractivity contribution in [1.29, 1.82) is 0 Å². The first-order valence-corrected chi connectivity index (χ1v) is 11.2. The summed E-state index contributed by atoms with van der Waals surface area (Å²) in [4.78, 5) is 15.1. The number of hydrogen-bond donors (Lipinski definition) is 0. The van der Waals surface area contributed by atoms with Crippen LogP contribution in [-0.4, -0.2) is 47.6 Å². The minimum atomic E-state index is 0.186. The summed E-state index contributed by atoms with van der Waals surface area (Å²) in [5.41, 5.74) is 2.18. The molecule has 5 heteroatoms. The number of carbonyl (C=O) groups excluding carboxylic acids is 1. The second-order valence-corrected chi connectivity index (χ2v) is 9.53. The van der Waals surface area contributed by atoms with Gasteiger partial charge in [-0.15, -0.1) is 23.5 Å². The van der Waals surface area contributed by atoms with Crippen molar-refractivity contribution in [3.63, 3.8) is 0 Å². The van der Waals surface area contributed by atoms with Crippen LogP contribution < -0.4 is 0 Å². The first-order valence-electron chi connectivity index (χ1n) is 9.09. The molecule has 0 aromatic heterocycles. The van der Waals surface area contributed by atoms with E-state index >= 15 is 0 Å². The van der Waals surface area contributed by atoms with E-state index in [1.54, 1.807) is 0 Å². The maximum Gasteiger partial charge on any atom is 0.254 e. The predicted molar refractivity (Wildman–Crippen MR) is 102 cm³/mol. The second kappa shape index (κ2) is 7.71. The molecule has 1 amide bonds. The first-order chi connectivity index (χ1) is 11.8. The van der Waals surface area contributed by atoms with Crippen LogP contribution in [0.2, 0.25) is 0 Å². The van der Waals surface area contributed by atoms with Gasteiger partial charge >= 0.3 is 0 Å². The molecule has 2 heterocycles. The van der Waals surface area contributed by atoms with Crippen LogP contribution in [0.5, 0.6) is 0 Å². The van der Waals surface area contributed by atoms with Crippen LogP contribution in [0.15, 0.2) is 24.3 Å². The van der Waals surface area contributed by atoms with Crippen molar-refractivity contribution in [1.82, 2.24) is 4.90 Å². The van der Waals surface area contributed by atoms with Crippen molar-refractivity contribution in [2.24, 2.45) is 0 Å². The molecule has 4 rings (SSSR count). The number of amides is 1. The van der Waals surface area contributed by atoms with Gasteiger partial charge in [0.1, 0.15) is 0 Å². The maximum absolute atomic E-state index is 13.0. The molecule has 0 unspecified atom stereocenters. The van der Waals surface area contributed by atoms with Crippen LogP contribution in [0.4, 0.5) is 0 Å². The molecule has 2 saturated heterocycles. The first kappa shape index (κ1) is 16.8. The normalized spacial score (nSPS) is 28.4. The molecule has 0 spiro atoms. The van der Waals surface area contributed by atoms with Crippen LogP contribution in [0.1, 0.15) is 52.6 Å². The van der Waals surface area contributed by atoms with Crippen molar-refractivity contribution in [2.75, 3.05) is 24.7 Å². The van der Waals surface area contributed by atoms with Gasteiger partial charge in [-0.25, -0.2) is 0 Å². The minimum Gasteiger partial charge on any atom is -0.374 e. The zero-order valence-corrected chi connectivity index (χ0v) is 15.6. The van der Waals surface area contributed by atoms with E-state index < -0.39 is 0 Å². The summed E-state index contributed by atoms with van der Waals surface area (Å²) in [6.07, 6.45) is 6.19. The standard InChI is InChI=1S/C19H25NO2S2/c21-18(20-10-11-22-17-5-2-1-4-16(17)20)14-6-8-15(9-7-14)19-23-12-3-13-24-19/h6-9,16-17,19H,1-5,10-13H2/t16-,17+/m0/s1. The Morgan fingerprint density at radius 3 is 2.58 bits per heavy atom. The number of nitrogens with zero attached hydrogens (tertiary/aromatic N) is 1. The maximum atomic E-state index is 13.0. The molecular weight excluding hydrogens is 338 g/mol. The van der Waals surface area contributed by atoms with Crippen molar-refractivity contribution >= 4 is 29.4 Å². The Labute approximate surface area is 152 Å². The lowest BCUT2D eigenvalue weighted by Crippen LogP contribution is -2.54. The van der Waals surface area contributed by atoms with Gasteiger partial charge in [-0.1, -0.05) is 25.0 Å². The highest BCUT2D eigenvalue weighted by atomic mass is 32.2. The molecular formula is C19H25NO2S2. The lowest BCUT2D eigenvalue weighted by atomic mass is 9.89. The number of carbonyl (C=O) groups is 1. The largest absolute Gasteiger partial charge is 0.374 e. The van der Waals surface area contributed by atoms with Crippen LogP contribution in [0.3, 0.4) is 0 Å². The lowest BCUT2D eigenvalue weighted by Gasteiger charge is -2.43. The molecule has 130 valence electrons. The summed E-state index contributed by atoms with van der Waals surface area (Å²) >= 11 is 4.05. The highest BCUT2D eigenvalue weighted by Gasteiger charge is 2.36. The quantitative estimate of drug-likeness (QED) is 0.782. The molecule has 2 aliphatic heterocycles. The third-order valence-electron chi connectivity index (χ3n) is 5.25. The Kier molecular flexibility index (Phi) is 5.40. The van der Waals surface area contributed by atoms with Crippen molar-refractivity contribution in [3.05, 3.63) is 35.4 Å². The third kappa shape index (κ3) is 3.49. The van der Waals surface area contributed by atoms with E-state index in [2.05, 4.69) is 17.0 Å². The number of hydrogen-bond acceptors (Lipinski definition) is 4. The van der Waals surface area contributed by atoms with Crippen molar-refractivity contribution in [3.8, 4) is 0 Å². The Morgan fingerprint density at radius 1 is 1.04 bits per heavy atom. The topological polar surface area (TPSA) is 29.5 Å². The Hall–Kier alpha value is -0.650. The molecule has 0 bridgehead atoms. The van der Waals surface area contributed by atoms with Gasteiger partial charge in [-0.05, 0) is 48.5 Å². The fourth-order valence-electron chi connectivity index (χ4n) is 3.98. The summed E-state index contributed by atoms with van der Waals surface area (Å²) in [5.74, 6) is 2.68. The van der Waals surface area contributed by atoms with E-state index in [1.807, 2.05) is 35.7 Å². The Balaban J connectivity index is 1.47. The zero-order chi connectivity index (χ0) is 16.4. The number of rotatable bonds is 2. The third-order valence-corrected chi connectivity index (χ3v) is 8.27. The number of fused-ring (bicyclic) bond motifs is 1. The summed E-state index contributed by atoms with van der Waals surface area (Å²) in [7, 11) is 0. The predicted octanol–water partition coefficient (Wildman–Crippen LogP) is 4.34. The fourth-order valence-corrected chi connectivity index (χ4v) is 6.87. The highest BCUT2D eigenvalue weighted by Crippen LogP contribution is 2.43. The van der Waals surface area contributed by atoms with E-state index in [4.69, 9.17) is 4.74 Å². The number of thioether (sulfide) groups is 2. The Bertz CT molecular complexity index is 569. The van der Waals surface area contributed by atoms with Crippen molar-refractivity contribution < 1.29 is 9.53 Å². The number of ether oxygens (including phenoxy) is 1. The van der Waals surface area contributed by atoms with E-state index in [9.17, 15) is 4.79 Å².